The lowest BCUT2D eigenvalue weighted by atomic mass is 9.74. The fraction of sp³-hybridized carbons (Fsp3) is 0.688. The summed E-state index contributed by atoms with van der Waals surface area (Å²) in [5.41, 5.74) is 0.836. The molecule has 1 unspecified atom stereocenters. The van der Waals surface area contributed by atoms with Crippen LogP contribution in [-0.4, -0.2) is 41.4 Å². The number of urea groups is 1. The quantitative estimate of drug-likeness (QED) is 0.869. The molecule has 1 aliphatic carbocycles. The van der Waals surface area contributed by atoms with Crippen LogP contribution in [0.15, 0.2) is 12.4 Å². The summed E-state index contributed by atoms with van der Waals surface area (Å²) < 4.78 is 11.2. The van der Waals surface area contributed by atoms with Gasteiger partial charge in [-0.3, -0.25) is 5.32 Å². The van der Waals surface area contributed by atoms with E-state index >= 15 is 0 Å². The molecular formula is C16H24N4O3. The SMILES string of the molecule is COCc1cc(NC(=O)NCC2CCCC3(CCC3)O2)ncn1. The van der Waals surface area contributed by atoms with Gasteiger partial charge in [0.1, 0.15) is 12.1 Å². The topological polar surface area (TPSA) is 85.4 Å². The Kier molecular flexibility index (Phi) is 5.07. The van der Waals surface area contributed by atoms with Gasteiger partial charge in [-0.25, -0.2) is 14.8 Å². The zero-order valence-corrected chi connectivity index (χ0v) is 13.5. The molecule has 1 aromatic heterocycles. The lowest BCUT2D eigenvalue weighted by molar-refractivity contribution is -0.166. The number of amides is 2. The van der Waals surface area contributed by atoms with E-state index in [-0.39, 0.29) is 17.7 Å². The van der Waals surface area contributed by atoms with Crippen molar-refractivity contribution in [3.05, 3.63) is 18.1 Å². The molecule has 0 aromatic carbocycles. The number of carbonyl (C=O) groups excluding carboxylic acids is 1. The van der Waals surface area contributed by atoms with E-state index < -0.39 is 0 Å². The van der Waals surface area contributed by atoms with Crippen LogP contribution in [-0.2, 0) is 16.1 Å². The Morgan fingerprint density at radius 2 is 2.22 bits per heavy atom. The van der Waals surface area contributed by atoms with Gasteiger partial charge in [-0.15, -0.1) is 0 Å². The van der Waals surface area contributed by atoms with E-state index in [4.69, 9.17) is 9.47 Å². The third-order valence-electron chi connectivity index (χ3n) is 4.59. The van der Waals surface area contributed by atoms with Crippen LogP contribution in [0.25, 0.3) is 0 Å². The van der Waals surface area contributed by atoms with Crippen LogP contribution in [0.3, 0.4) is 0 Å². The fourth-order valence-corrected chi connectivity index (χ4v) is 3.27. The van der Waals surface area contributed by atoms with Gasteiger partial charge < -0.3 is 14.8 Å². The van der Waals surface area contributed by atoms with Crippen LogP contribution in [0.5, 0.6) is 0 Å². The Labute approximate surface area is 136 Å². The molecule has 1 spiro atoms. The number of hydrogen-bond acceptors (Lipinski definition) is 5. The molecule has 2 amide bonds. The molecule has 2 heterocycles. The maximum absolute atomic E-state index is 12.0. The largest absolute Gasteiger partial charge is 0.378 e. The Morgan fingerprint density at radius 1 is 1.39 bits per heavy atom. The van der Waals surface area contributed by atoms with Crippen molar-refractivity contribution in [3.8, 4) is 0 Å². The molecule has 0 bridgehead atoms. The highest BCUT2D eigenvalue weighted by molar-refractivity contribution is 5.88. The monoisotopic (exact) mass is 320 g/mol. The van der Waals surface area contributed by atoms with E-state index in [0.29, 0.717) is 19.0 Å². The molecule has 2 aliphatic rings. The zero-order valence-electron chi connectivity index (χ0n) is 13.5. The summed E-state index contributed by atoms with van der Waals surface area (Å²) in [7, 11) is 1.60. The van der Waals surface area contributed by atoms with Crippen LogP contribution >= 0.6 is 0 Å². The van der Waals surface area contributed by atoms with Crippen molar-refractivity contribution < 1.29 is 14.3 Å². The third-order valence-corrected chi connectivity index (χ3v) is 4.59. The first-order chi connectivity index (χ1) is 11.2. The number of methoxy groups -OCH3 is 1. The summed E-state index contributed by atoms with van der Waals surface area (Å²) >= 11 is 0. The molecule has 1 aromatic rings. The van der Waals surface area contributed by atoms with Crippen molar-refractivity contribution in [2.75, 3.05) is 19.0 Å². The second-order valence-electron chi connectivity index (χ2n) is 6.33. The summed E-state index contributed by atoms with van der Waals surface area (Å²) in [6, 6.07) is 1.42. The van der Waals surface area contributed by atoms with Gasteiger partial charge in [0.15, 0.2) is 0 Å². The average Bonchev–Trinajstić information content (AvgIpc) is 2.52. The summed E-state index contributed by atoms with van der Waals surface area (Å²) in [5, 5.41) is 5.59. The molecule has 1 aliphatic heterocycles. The van der Waals surface area contributed by atoms with Crippen LogP contribution < -0.4 is 10.6 Å². The number of anilines is 1. The van der Waals surface area contributed by atoms with Crippen molar-refractivity contribution in [1.82, 2.24) is 15.3 Å². The first kappa shape index (κ1) is 16.1. The number of rotatable bonds is 5. The van der Waals surface area contributed by atoms with Gasteiger partial charge in [-0.1, -0.05) is 0 Å². The first-order valence-electron chi connectivity index (χ1n) is 8.22. The molecular weight excluding hydrogens is 296 g/mol. The van der Waals surface area contributed by atoms with E-state index in [9.17, 15) is 4.79 Å². The summed E-state index contributed by atoms with van der Waals surface area (Å²) in [4.78, 5) is 20.1. The van der Waals surface area contributed by atoms with Crippen LogP contribution in [0.1, 0.15) is 44.2 Å². The van der Waals surface area contributed by atoms with Gasteiger partial charge in [0, 0.05) is 19.7 Å². The Morgan fingerprint density at radius 3 is 2.96 bits per heavy atom. The highest BCUT2D eigenvalue weighted by Gasteiger charge is 2.42. The maximum atomic E-state index is 12.0. The average molecular weight is 320 g/mol. The van der Waals surface area contributed by atoms with Crippen molar-refractivity contribution in [3.63, 3.8) is 0 Å². The smallest absolute Gasteiger partial charge is 0.320 e. The van der Waals surface area contributed by atoms with Crippen LogP contribution in [0, 0.1) is 0 Å². The zero-order chi connectivity index (χ0) is 16.1. The summed E-state index contributed by atoms with van der Waals surface area (Å²) in [5.74, 6) is 0.463. The predicted octanol–water partition coefficient (Wildman–Crippen LogP) is 2.24. The molecule has 2 N–H and O–H groups in total. The second-order valence-corrected chi connectivity index (χ2v) is 6.33. The van der Waals surface area contributed by atoms with E-state index in [2.05, 4.69) is 20.6 Å². The van der Waals surface area contributed by atoms with Crippen molar-refractivity contribution in [2.24, 2.45) is 0 Å². The lowest BCUT2D eigenvalue weighted by Gasteiger charge is -2.47. The first-order valence-corrected chi connectivity index (χ1v) is 8.22. The van der Waals surface area contributed by atoms with Gasteiger partial charge in [0.05, 0.1) is 24.0 Å². The predicted molar refractivity (Wildman–Crippen MR) is 85.1 cm³/mol. The second kappa shape index (κ2) is 7.23. The molecule has 7 heteroatoms. The Balaban J connectivity index is 1.45. The van der Waals surface area contributed by atoms with E-state index in [1.807, 2.05) is 0 Å². The standard InChI is InChI=1S/C16H24N4O3/c1-22-10-12-8-14(19-11-18-12)20-15(21)17-9-13-4-2-5-16(23-13)6-3-7-16/h8,11,13H,2-7,9-10H2,1H3,(H2,17,18,19,20,21). The minimum atomic E-state index is -0.274. The number of nitrogens with one attached hydrogen (secondary N) is 2. The molecule has 7 nitrogen and oxygen atoms in total. The molecule has 2 fully saturated rings. The van der Waals surface area contributed by atoms with Gasteiger partial charge in [-0.05, 0) is 38.5 Å². The van der Waals surface area contributed by atoms with Crippen LogP contribution in [0.4, 0.5) is 10.6 Å². The number of carbonyl (C=O) groups is 1. The molecule has 3 rings (SSSR count). The minimum Gasteiger partial charge on any atom is -0.378 e. The summed E-state index contributed by atoms with van der Waals surface area (Å²) in [6.07, 6.45) is 8.47. The number of nitrogens with zero attached hydrogens (tertiary/aromatic N) is 2. The van der Waals surface area contributed by atoms with Gasteiger partial charge >= 0.3 is 6.03 Å². The van der Waals surface area contributed by atoms with Gasteiger partial charge in [0.25, 0.3) is 0 Å². The van der Waals surface area contributed by atoms with E-state index in [0.717, 1.165) is 12.1 Å². The molecule has 1 saturated heterocycles. The van der Waals surface area contributed by atoms with Crippen molar-refractivity contribution >= 4 is 11.8 Å². The molecule has 23 heavy (non-hydrogen) atoms. The number of aromatic nitrogens is 2. The van der Waals surface area contributed by atoms with Crippen molar-refractivity contribution in [2.45, 2.75) is 56.8 Å². The van der Waals surface area contributed by atoms with E-state index in [1.165, 1.54) is 38.4 Å². The number of hydrogen-bond donors (Lipinski definition) is 2. The van der Waals surface area contributed by atoms with Gasteiger partial charge in [-0.2, -0.15) is 0 Å². The Bertz CT molecular complexity index is 548. The maximum Gasteiger partial charge on any atom is 0.320 e. The van der Waals surface area contributed by atoms with Gasteiger partial charge in [0.2, 0.25) is 0 Å². The number of ether oxygens (including phenoxy) is 2. The molecule has 1 atom stereocenters. The molecule has 126 valence electrons. The molecule has 0 radical (unpaired) electrons. The summed E-state index contributed by atoms with van der Waals surface area (Å²) in [6.45, 7) is 0.917. The highest BCUT2D eigenvalue weighted by Crippen LogP contribution is 2.43. The normalized spacial score (nSPS) is 22.4. The Hall–Kier alpha value is -1.73. The fourth-order valence-electron chi connectivity index (χ4n) is 3.27. The lowest BCUT2D eigenvalue weighted by Crippen LogP contribution is -2.49. The highest BCUT2D eigenvalue weighted by atomic mass is 16.5. The minimum absolute atomic E-state index is 0.114. The van der Waals surface area contributed by atoms with Crippen LogP contribution in [0.2, 0.25) is 0 Å². The van der Waals surface area contributed by atoms with E-state index in [1.54, 1.807) is 13.2 Å². The molecule has 1 saturated carbocycles. The third kappa shape index (κ3) is 4.17. The van der Waals surface area contributed by atoms with Crippen molar-refractivity contribution in [1.29, 1.82) is 0 Å².